The van der Waals surface area contributed by atoms with E-state index in [1.165, 1.54) is 0 Å². The van der Waals surface area contributed by atoms with E-state index in [0.29, 0.717) is 11.8 Å². The minimum Gasteiger partial charge on any atom is -0.393 e. The molecule has 0 amide bonds. The third-order valence-corrected chi connectivity index (χ3v) is 3.02. The monoisotopic (exact) mass is 200 g/mol. The third-order valence-electron chi connectivity index (χ3n) is 3.02. The third kappa shape index (κ3) is 4.97. The van der Waals surface area contributed by atoms with Gasteiger partial charge in [-0.1, -0.05) is 13.8 Å². The van der Waals surface area contributed by atoms with Gasteiger partial charge in [-0.2, -0.15) is 0 Å². The molecule has 1 atom stereocenters. The summed E-state index contributed by atoms with van der Waals surface area (Å²) < 4.78 is 5.30. The zero-order chi connectivity index (χ0) is 10.4. The fourth-order valence-corrected chi connectivity index (χ4v) is 2.01. The summed E-state index contributed by atoms with van der Waals surface area (Å²) in [5, 5.41) is 9.81. The predicted molar refractivity (Wildman–Crippen MR) is 58.2 cm³/mol. The van der Waals surface area contributed by atoms with E-state index >= 15 is 0 Å². The number of aliphatic hydroxyl groups excluding tert-OH is 1. The molecule has 0 bridgehead atoms. The van der Waals surface area contributed by atoms with E-state index in [4.69, 9.17) is 4.74 Å². The number of aliphatic hydroxyl groups is 1. The summed E-state index contributed by atoms with van der Waals surface area (Å²) in [6, 6.07) is 0. The highest BCUT2D eigenvalue weighted by Gasteiger charge is 2.17. The van der Waals surface area contributed by atoms with Crippen LogP contribution in [0.1, 0.15) is 46.0 Å². The molecule has 0 aromatic carbocycles. The fourth-order valence-electron chi connectivity index (χ4n) is 2.01. The Morgan fingerprint density at radius 3 is 2.43 bits per heavy atom. The molecule has 1 rings (SSSR count). The first-order chi connectivity index (χ1) is 6.68. The SMILES string of the molecule is CC(C)CCC(O)CC1CCOCC1. The van der Waals surface area contributed by atoms with Gasteiger partial charge in [0.15, 0.2) is 0 Å². The lowest BCUT2D eigenvalue weighted by atomic mass is 9.91. The van der Waals surface area contributed by atoms with Gasteiger partial charge in [-0.3, -0.25) is 0 Å². The maximum absolute atomic E-state index is 9.81. The summed E-state index contributed by atoms with van der Waals surface area (Å²) in [6.07, 6.45) is 5.29. The summed E-state index contributed by atoms with van der Waals surface area (Å²) in [4.78, 5) is 0. The predicted octanol–water partition coefficient (Wildman–Crippen LogP) is 2.60. The Kier molecular flexibility index (Phi) is 5.49. The van der Waals surface area contributed by atoms with Gasteiger partial charge in [0.1, 0.15) is 0 Å². The van der Waals surface area contributed by atoms with Crippen LogP contribution in [0.2, 0.25) is 0 Å². The highest BCUT2D eigenvalue weighted by atomic mass is 16.5. The van der Waals surface area contributed by atoms with Gasteiger partial charge in [-0.25, -0.2) is 0 Å². The molecule has 1 saturated heterocycles. The molecule has 14 heavy (non-hydrogen) atoms. The van der Waals surface area contributed by atoms with E-state index in [9.17, 15) is 5.11 Å². The van der Waals surface area contributed by atoms with E-state index in [1.807, 2.05) is 0 Å². The molecule has 1 N–H and O–H groups in total. The lowest BCUT2D eigenvalue weighted by molar-refractivity contribution is 0.0410. The zero-order valence-corrected chi connectivity index (χ0v) is 9.54. The average molecular weight is 200 g/mol. The molecule has 1 aliphatic rings. The highest BCUT2D eigenvalue weighted by molar-refractivity contribution is 4.68. The van der Waals surface area contributed by atoms with Gasteiger partial charge < -0.3 is 9.84 Å². The van der Waals surface area contributed by atoms with Gasteiger partial charge >= 0.3 is 0 Å². The number of hydrogen-bond acceptors (Lipinski definition) is 2. The largest absolute Gasteiger partial charge is 0.393 e. The van der Waals surface area contributed by atoms with Gasteiger partial charge in [0.25, 0.3) is 0 Å². The second kappa shape index (κ2) is 6.41. The van der Waals surface area contributed by atoms with Crippen LogP contribution in [0, 0.1) is 11.8 Å². The van der Waals surface area contributed by atoms with Crippen molar-refractivity contribution in [1.82, 2.24) is 0 Å². The van der Waals surface area contributed by atoms with Crippen LogP contribution in [0.25, 0.3) is 0 Å². The van der Waals surface area contributed by atoms with Crippen LogP contribution in [-0.4, -0.2) is 24.4 Å². The molecule has 1 aliphatic heterocycles. The minimum absolute atomic E-state index is 0.0829. The Morgan fingerprint density at radius 1 is 1.21 bits per heavy atom. The molecule has 1 heterocycles. The van der Waals surface area contributed by atoms with Gasteiger partial charge in [0.05, 0.1) is 6.10 Å². The maximum atomic E-state index is 9.81. The van der Waals surface area contributed by atoms with Gasteiger partial charge in [0, 0.05) is 13.2 Å². The molecule has 0 aromatic heterocycles. The number of ether oxygens (including phenoxy) is 1. The first-order valence-electron chi connectivity index (χ1n) is 5.94. The van der Waals surface area contributed by atoms with E-state index < -0.39 is 0 Å². The van der Waals surface area contributed by atoms with Crippen molar-refractivity contribution in [2.45, 2.75) is 52.1 Å². The molecule has 0 saturated carbocycles. The summed E-state index contributed by atoms with van der Waals surface area (Å²) >= 11 is 0. The van der Waals surface area contributed by atoms with Crippen molar-refractivity contribution in [1.29, 1.82) is 0 Å². The smallest absolute Gasteiger partial charge is 0.0543 e. The summed E-state index contributed by atoms with van der Waals surface area (Å²) in [5.74, 6) is 1.41. The topological polar surface area (TPSA) is 29.5 Å². The normalized spacial score (nSPS) is 21.4. The van der Waals surface area contributed by atoms with Crippen LogP contribution in [0.4, 0.5) is 0 Å². The van der Waals surface area contributed by atoms with Crippen molar-refractivity contribution < 1.29 is 9.84 Å². The molecule has 0 radical (unpaired) electrons. The fraction of sp³-hybridized carbons (Fsp3) is 1.00. The van der Waals surface area contributed by atoms with Gasteiger partial charge in [-0.15, -0.1) is 0 Å². The quantitative estimate of drug-likeness (QED) is 0.739. The van der Waals surface area contributed by atoms with Crippen molar-refractivity contribution >= 4 is 0 Å². The molecule has 84 valence electrons. The summed E-state index contributed by atoms with van der Waals surface area (Å²) in [6.45, 7) is 6.20. The van der Waals surface area contributed by atoms with E-state index in [0.717, 1.165) is 45.3 Å². The van der Waals surface area contributed by atoms with Crippen LogP contribution in [0.5, 0.6) is 0 Å². The van der Waals surface area contributed by atoms with Crippen LogP contribution < -0.4 is 0 Å². The molecule has 1 fully saturated rings. The second-order valence-electron chi connectivity index (χ2n) is 4.92. The Labute approximate surface area is 87.7 Å². The highest BCUT2D eigenvalue weighted by Crippen LogP contribution is 2.22. The molecule has 2 nitrogen and oxygen atoms in total. The molecule has 0 aliphatic carbocycles. The van der Waals surface area contributed by atoms with Crippen molar-refractivity contribution in [3.05, 3.63) is 0 Å². The Balaban J connectivity index is 2.09. The molecular weight excluding hydrogens is 176 g/mol. The van der Waals surface area contributed by atoms with Crippen LogP contribution in [0.3, 0.4) is 0 Å². The average Bonchev–Trinajstić information content (AvgIpc) is 2.16. The molecule has 0 aromatic rings. The van der Waals surface area contributed by atoms with Crippen LogP contribution >= 0.6 is 0 Å². The number of hydrogen-bond donors (Lipinski definition) is 1. The van der Waals surface area contributed by atoms with Gasteiger partial charge in [0.2, 0.25) is 0 Å². The molecule has 1 unspecified atom stereocenters. The van der Waals surface area contributed by atoms with Crippen LogP contribution in [0.15, 0.2) is 0 Å². The maximum Gasteiger partial charge on any atom is 0.0543 e. The van der Waals surface area contributed by atoms with Gasteiger partial charge in [-0.05, 0) is 43.9 Å². The Morgan fingerprint density at radius 2 is 1.86 bits per heavy atom. The minimum atomic E-state index is -0.0829. The first-order valence-corrected chi connectivity index (χ1v) is 5.94. The summed E-state index contributed by atoms with van der Waals surface area (Å²) in [7, 11) is 0. The standard InChI is InChI=1S/C12H24O2/c1-10(2)3-4-12(13)9-11-5-7-14-8-6-11/h10-13H,3-9H2,1-2H3. The van der Waals surface area contributed by atoms with Crippen LogP contribution in [-0.2, 0) is 4.74 Å². The Bertz CT molecular complexity index is 139. The Hall–Kier alpha value is -0.0800. The van der Waals surface area contributed by atoms with Crippen molar-refractivity contribution in [3.63, 3.8) is 0 Å². The van der Waals surface area contributed by atoms with Crippen molar-refractivity contribution in [2.75, 3.05) is 13.2 Å². The molecule has 0 spiro atoms. The van der Waals surface area contributed by atoms with E-state index in [-0.39, 0.29) is 6.10 Å². The van der Waals surface area contributed by atoms with Crippen molar-refractivity contribution in [2.24, 2.45) is 11.8 Å². The molecular formula is C12H24O2. The lowest BCUT2D eigenvalue weighted by Gasteiger charge is -2.24. The van der Waals surface area contributed by atoms with E-state index in [2.05, 4.69) is 13.8 Å². The summed E-state index contributed by atoms with van der Waals surface area (Å²) in [5.41, 5.74) is 0. The first kappa shape index (κ1) is 12.0. The lowest BCUT2D eigenvalue weighted by Crippen LogP contribution is -2.21. The van der Waals surface area contributed by atoms with Crippen molar-refractivity contribution in [3.8, 4) is 0 Å². The second-order valence-corrected chi connectivity index (χ2v) is 4.92. The zero-order valence-electron chi connectivity index (χ0n) is 9.54. The number of rotatable bonds is 5. The van der Waals surface area contributed by atoms with E-state index in [1.54, 1.807) is 0 Å². The molecule has 2 heteroatoms.